The third-order valence-corrected chi connectivity index (χ3v) is 3.17. The van der Waals surface area contributed by atoms with Crippen LogP contribution in [0.15, 0.2) is 17.5 Å². The predicted octanol–water partition coefficient (Wildman–Crippen LogP) is 0.586. The van der Waals surface area contributed by atoms with Crippen LogP contribution in [0.3, 0.4) is 0 Å². The Morgan fingerprint density at radius 2 is 2.35 bits per heavy atom. The third-order valence-electron chi connectivity index (χ3n) is 3.17. The molecule has 0 unspecified atom stereocenters. The molecule has 20 heavy (non-hydrogen) atoms. The van der Waals surface area contributed by atoms with Crippen molar-refractivity contribution in [3.63, 3.8) is 0 Å². The molecule has 0 bridgehead atoms. The molecule has 2 aromatic heterocycles. The van der Waals surface area contributed by atoms with Crippen molar-refractivity contribution in [2.45, 2.75) is 19.3 Å². The molecule has 104 valence electrons. The van der Waals surface area contributed by atoms with Gasteiger partial charge < -0.3 is 15.7 Å². The molecule has 0 aliphatic heterocycles. The summed E-state index contributed by atoms with van der Waals surface area (Å²) in [6.45, 7) is 0. The zero-order valence-electron chi connectivity index (χ0n) is 10.9. The number of amidine groups is 1. The number of oxime groups is 1. The van der Waals surface area contributed by atoms with Crippen LogP contribution in [0.1, 0.15) is 23.2 Å². The van der Waals surface area contributed by atoms with Crippen LogP contribution in [0.2, 0.25) is 0 Å². The molecule has 3 rings (SSSR count). The molecule has 1 aliphatic carbocycles. The quantitative estimate of drug-likeness (QED) is 0.366. The average molecular weight is 274 g/mol. The molecule has 0 atom stereocenters. The molecule has 2 aromatic rings. The Hall–Kier alpha value is -2.64. The fourth-order valence-corrected chi connectivity index (χ4v) is 2.22. The summed E-state index contributed by atoms with van der Waals surface area (Å²) in [5, 5.41) is 15.9. The van der Waals surface area contributed by atoms with E-state index in [1.807, 2.05) is 6.07 Å². The van der Waals surface area contributed by atoms with E-state index in [0.29, 0.717) is 5.56 Å². The minimum atomic E-state index is -0.0434. The lowest BCUT2D eigenvalue weighted by Crippen LogP contribution is -2.16. The first kappa shape index (κ1) is 12.4. The molecule has 8 heteroatoms. The fourth-order valence-electron chi connectivity index (χ4n) is 2.22. The molecule has 2 heterocycles. The first-order chi connectivity index (χ1) is 9.67. The maximum absolute atomic E-state index is 8.88. The van der Waals surface area contributed by atoms with Crippen molar-refractivity contribution in [2.75, 3.05) is 0 Å². The van der Waals surface area contributed by atoms with Crippen LogP contribution in [0.25, 0.3) is 0 Å². The SMILES string of the molecule is Cn1cnc(Oc2nc3c(cc2C(N)=NO)CCC3)n1. The molecule has 0 saturated heterocycles. The Kier molecular flexibility index (Phi) is 2.97. The second-order valence-corrected chi connectivity index (χ2v) is 4.59. The van der Waals surface area contributed by atoms with Crippen LogP contribution >= 0.6 is 0 Å². The number of pyridine rings is 1. The average Bonchev–Trinajstić information content (AvgIpc) is 3.05. The Labute approximate surface area is 114 Å². The van der Waals surface area contributed by atoms with Crippen LogP contribution in [-0.4, -0.2) is 30.8 Å². The maximum atomic E-state index is 8.88. The van der Waals surface area contributed by atoms with Gasteiger partial charge in [0, 0.05) is 12.7 Å². The van der Waals surface area contributed by atoms with E-state index in [-0.39, 0.29) is 17.7 Å². The topological polar surface area (TPSA) is 111 Å². The van der Waals surface area contributed by atoms with Crippen molar-refractivity contribution in [1.29, 1.82) is 0 Å². The molecule has 3 N–H and O–H groups in total. The zero-order valence-corrected chi connectivity index (χ0v) is 10.9. The van der Waals surface area contributed by atoms with E-state index in [2.05, 4.69) is 20.2 Å². The van der Waals surface area contributed by atoms with Gasteiger partial charge in [0.1, 0.15) is 6.33 Å². The summed E-state index contributed by atoms with van der Waals surface area (Å²) >= 11 is 0. The molecule has 0 spiro atoms. The number of rotatable bonds is 3. The summed E-state index contributed by atoms with van der Waals surface area (Å²) in [7, 11) is 1.74. The summed E-state index contributed by atoms with van der Waals surface area (Å²) in [4.78, 5) is 8.42. The number of ether oxygens (including phenoxy) is 1. The van der Waals surface area contributed by atoms with Crippen molar-refractivity contribution in [2.24, 2.45) is 17.9 Å². The fraction of sp³-hybridized carbons (Fsp3) is 0.333. The standard InChI is InChI=1S/C12H14N6O2/c1-18-6-14-12(16-18)20-11-8(10(13)17-19)5-7-3-2-4-9(7)15-11/h5-6,19H,2-4H2,1H3,(H2,13,17). The van der Waals surface area contributed by atoms with Gasteiger partial charge in [0.25, 0.3) is 0 Å². The molecule has 0 fully saturated rings. The van der Waals surface area contributed by atoms with Gasteiger partial charge in [-0.1, -0.05) is 5.16 Å². The molecule has 1 aliphatic rings. The number of nitrogens with zero attached hydrogens (tertiary/aromatic N) is 5. The third kappa shape index (κ3) is 2.15. The van der Waals surface area contributed by atoms with Crippen LogP contribution in [0.4, 0.5) is 0 Å². The lowest BCUT2D eigenvalue weighted by molar-refractivity contribution is 0.318. The highest BCUT2D eigenvalue weighted by molar-refractivity contribution is 5.99. The zero-order chi connectivity index (χ0) is 14.1. The van der Waals surface area contributed by atoms with Crippen LogP contribution < -0.4 is 10.5 Å². The highest BCUT2D eigenvalue weighted by atomic mass is 16.5. The van der Waals surface area contributed by atoms with Gasteiger partial charge >= 0.3 is 6.01 Å². The van der Waals surface area contributed by atoms with Gasteiger partial charge in [-0.25, -0.2) is 4.98 Å². The van der Waals surface area contributed by atoms with Crippen molar-refractivity contribution >= 4 is 5.84 Å². The number of aromatic nitrogens is 4. The summed E-state index contributed by atoms with van der Waals surface area (Å²) in [6.07, 6.45) is 4.41. The minimum Gasteiger partial charge on any atom is -0.409 e. The first-order valence-corrected chi connectivity index (χ1v) is 6.21. The molecular formula is C12H14N6O2. The van der Waals surface area contributed by atoms with Gasteiger partial charge in [-0.15, -0.1) is 5.10 Å². The number of hydrogen-bond donors (Lipinski definition) is 2. The Balaban J connectivity index is 2.03. The Morgan fingerprint density at radius 3 is 3.05 bits per heavy atom. The Morgan fingerprint density at radius 1 is 1.50 bits per heavy atom. The summed E-state index contributed by atoms with van der Waals surface area (Å²) in [5.74, 6) is 0.213. The van der Waals surface area contributed by atoms with E-state index < -0.39 is 0 Å². The van der Waals surface area contributed by atoms with Gasteiger partial charge in [-0.05, 0) is 30.9 Å². The summed E-state index contributed by atoms with van der Waals surface area (Å²) in [5.41, 5.74) is 8.21. The first-order valence-electron chi connectivity index (χ1n) is 6.21. The molecule has 0 radical (unpaired) electrons. The van der Waals surface area contributed by atoms with Gasteiger partial charge in [0.15, 0.2) is 5.84 Å². The Bertz CT molecular complexity index is 679. The molecule has 0 saturated carbocycles. The van der Waals surface area contributed by atoms with Crippen molar-refractivity contribution in [3.8, 4) is 11.9 Å². The molecule has 0 amide bonds. The number of hydrogen-bond acceptors (Lipinski definition) is 6. The highest BCUT2D eigenvalue weighted by Crippen LogP contribution is 2.28. The largest absolute Gasteiger partial charge is 0.409 e. The van der Waals surface area contributed by atoms with E-state index in [9.17, 15) is 0 Å². The molecular weight excluding hydrogens is 260 g/mol. The smallest absolute Gasteiger partial charge is 0.342 e. The molecule has 8 nitrogen and oxygen atoms in total. The van der Waals surface area contributed by atoms with E-state index in [4.69, 9.17) is 15.7 Å². The lowest BCUT2D eigenvalue weighted by Gasteiger charge is -2.09. The predicted molar refractivity (Wildman–Crippen MR) is 69.8 cm³/mol. The van der Waals surface area contributed by atoms with Gasteiger partial charge in [-0.3, -0.25) is 4.68 Å². The van der Waals surface area contributed by atoms with Gasteiger partial charge in [-0.2, -0.15) is 4.98 Å². The number of aryl methyl sites for hydroxylation is 3. The van der Waals surface area contributed by atoms with Gasteiger partial charge in [0.05, 0.1) is 5.56 Å². The van der Waals surface area contributed by atoms with E-state index in [1.54, 1.807) is 7.05 Å². The second-order valence-electron chi connectivity index (χ2n) is 4.59. The highest BCUT2D eigenvalue weighted by Gasteiger charge is 2.20. The number of fused-ring (bicyclic) bond motifs is 1. The lowest BCUT2D eigenvalue weighted by atomic mass is 10.1. The molecule has 0 aromatic carbocycles. The van der Waals surface area contributed by atoms with E-state index in [0.717, 1.165) is 30.5 Å². The van der Waals surface area contributed by atoms with E-state index in [1.165, 1.54) is 11.0 Å². The van der Waals surface area contributed by atoms with Gasteiger partial charge in [0.2, 0.25) is 5.88 Å². The number of nitrogens with two attached hydrogens (primary N) is 1. The summed E-state index contributed by atoms with van der Waals surface area (Å²) < 4.78 is 7.07. The monoisotopic (exact) mass is 274 g/mol. The van der Waals surface area contributed by atoms with Crippen molar-refractivity contribution in [1.82, 2.24) is 19.7 Å². The second kappa shape index (κ2) is 4.80. The van der Waals surface area contributed by atoms with E-state index >= 15 is 0 Å². The summed E-state index contributed by atoms with van der Waals surface area (Å²) in [6, 6.07) is 2.02. The maximum Gasteiger partial charge on any atom is 0.342 e. The van der Waals surface area contributed by atoms with Crippen LogP contribution in [0, 0.1) is 0 Å². The van der Waals surface area contributed by atoms with Crippen LogP contribution in [-0.2, 0) is 19.9 Å². The normalized spacial score (nSPS) is 14.3. The minimum absolute atomic E-state index is 0.0434. The van der Waals surface area contributed by atoms with Crippen LogP contribution in [0.5, 0.6) is 11.9 Å². The van der Waals surface area contributed by atoms with Crippen molar-refractivity contribution < 1.29 is 9.94 Å². The van der Waals surface area contributed by atoms with Crippen molar-refractivity contribution in [3.05, 3.63) is 29.2 Å².